The first kappa shape index (κ1) is 15.1. The minimum absolute atomic E-state index is 0.0719. The molecule has 0 aromatic carbocycles. The van der Waals surface area contributed by atoms with Gasteiger partial charge in [-0.05, 0) is 62.2 Å². The SMILES string of the molecule is C[C@H](O)C/C=C/[C@@H](C)[C@H]1CC[C@H]2[C@@H](O)CCC[C@]12C. The van der Waals surface area contributed by atoms with Crippen molar-refractivity contribution < 1.29 is 10.2 Å². The summed E-state index contributed by atoms with van der Waals surface area (Å²) in [5.74, 6) is 1.76. The van der Waals surface area contributed by atoms with Crippen molar-refractivity contribution >= 4 is 0 Å². The first-order valence-corrected chi connectivity index (χ1v) is 7.98. The number of aliphatic hydroxyl groups is 2. The van der Waals surface area contributed by atoms with Gasteiger partial charge in [0.2, 0.25) is 0 Å². The van der Waals surface area contributed by atoms with Gasteiger partial charge in [0.25, 0.3) is 0 Å². The van der Waals surface area contributed by atoms with Crippen molar-refractivity contribution in [1.82, 2.24) is 0 Å². The van der Waals surface area contributed by atoms with Crippen molar-refractivity contribution in [2.75, 3.05) is 0 Å². The van der Waals surface area contributed by atoms with E-state index in [1.807, 2.05) is 6.92 Å². The van der Waals surface area contributed by atoms with E-state index in [-0.39, 0.29) is 12.2 Å². The second-order valence-electron chi connectivity index (χ2n) is 7.13. The van der Waals surface area contributed by atoms with Gasteiger partial charge in [0.05, 0.1) is 12.2 Å². The molecule has 2 aliphatic rings. The number of fused-ring (bicyclic) bond motifs is 1. The summed E-state index contributed by atoms with van der Waals surface area (Å²) >= 11 is 0. The van der Waals surface area contributed by atoms with Crippen LogP contribution in [0.2, 0.25) is 0 Å². The zero-order valence-corrected chi connectivity index (χ0v) is 12.7. The fraction of sp³-hybridized carbons (Fsp3) is 0.882. The van der Waals surface area contributed by atoms with Crippen LogP contribution in [0, 0.1) is 23.2 Å². The third kappa shape index (κ3) is 3.05. The predicted octanol–water partition coefficient (Wildman–Crippen LogP) is 3.53. The molecular formula is C17H30O2. The van der Waals surface area contributed by atoms with Crippen LogP contribution in [0.15, 0.2) is 12.2 Å². The molecule has 2 rings (SSSR count). The minimum atomic E-state index is -0.244. The number of rotatable bonds is 4. The van der Waals surface area contributed by atoms with Gasteiger partial charge in [0.15, 0.2) is 0 Å². The van der Waals surface area contributed by atoms with Crippen molar-refractivity contribution in [1.29, 1.82) is 0 Å². The van der Waals surface area contributed by atoms with Gasteiger partial charge < -0.3 is 10.2 Å². The van der Waals surface area contributed by atoms with Gasteiger partial charge in [-0.2, -0.15) is 0 Å². The summed E-state index contributed by atoms with van der Waals surface area (Å²) in [6.07, 6.45) is 10.7. The lowest BCUT2D eigenvalue weighted by Gasteiger charge is -2.44. The first-order valence-electron chi connectivity index (χ1n) is 7.98. The molecule has 2 saturated carbocycles. The van der Waals surface area contributed by atoms with Crippen LogP contribution >= 0.6 is 0 Å². The van der Waals surface area contributed by atoms with E-state index in [4.69, 9.17) is 0 Å². The van der Waals surface area contributed by atoms with Gasteiger partial charge in [-0.25, -0.2) is 0 Å². The van der Waals surface area contributed by atoms with E-state index in [0.717, 1.165) is 12.8 Å². The standard InChI is InChI=1S/C17H30O2/c1-12(6-4-7-13(2)18)14-9-10-15-16(19)8-5-11-17(14,15)3/h4,6,12-16,18-19H,5,7-11H2,1-3H3/b6-4+/t12-,13+,14-,15+,16+,17-/m1/s1. The summed E-state index contributed by atoms with van der Waals surface area (Å²) in [5.41, 5.74) is 0.326. The molecule has 0 bridgehead atoms. The fourth-order valence-corrected chi connectivity index (χ4v) is 4.68. The molecule has 0 heterocycles. The van der Waals surface area contributed by atoms with Crippen LogP contribution in [0.4, 0.5) is 0 Å². The Morgan fingerprint density at radius 2 is 2.00 bits per heavy atom. The van der Waals surface area contributed by atoms with Crippen molar-refractivity contribution in [2.24, 2.45) is 23.2 Å². The fourth-order valence-electron chi connectivity index (χ4n) is 4.68. The summed E-state index contributed by atoms with van der Waals surface area (Å²) in [5, 5.41) is 19.6. The topological polar surface area (TPSA) is 40.5 Å². The molecule has 0 aliphatic heterocycles. The van der Waals surface area contributed by atoms with Crippen molar-refractivity contribution in [2.45, 2.75) is 71.5 Å². The second-order valence-corrected chi connectivity index (χ2v) is 7.13. The average Bonchev–Trinajstić information content (AvgIpc) is 2.67. The molecule has 110 valence electrons. The molecule has 19 heavy (non-hydrogen) atoms. The molecule has 0 unspecified atom stereocenters. The average molecular weight is 266 g/mol. The van der Waals surface area contributed by atoms with E-state index in [9.17, 15) is 10.2 Å². The number of hydrogen-bond acceptors (Lipinski definition) is 2. The molecule has 2 nitrogen and oxygen atoms in total. The molecule has 0 saturated heterocycles. The van der Waals surface area contributed by atoms with E-state index in [2.05, 4.69) is 26.0 Å². The highest BCUT2D eigenvalue weighted by Crippen LogP contribution is 2.57. The molecule has 2 aliphatic carbocycles. The molecular weight excluding hydrogens is 236 g/mol. The summed E-state index contributed by atoms with van der Waals surface area (Å²) in [6.45, 7) is 6.54. The lowest BCUT2D eigenvalue weighted by molar-refractivity contribution is -0.0231. The van der Waals surface area contributed by atoms with Crippen LogP contribution in [0.3, 0.4) is 0 Å². The van der Waals surface area contributed by atoms with Gasteiger partial charge in [-0.15, -0.1) is 0 Å². The molecule has 0 aromatic heterocycles. The van der Waals surface area contributed by atoms with Crippen LogP contribution in [0.25, 0.3) is 0 Å². The monoisotopic (exact) mass is 266 g/mol. The first-order chi connectivity index (χ1) is 8.95. The Balaban J connectivity index is 2.02. The number of allylic oxidation sites excluding steroid dienone is 1. The summed E-state index contributed by atoms with van der Waals surface area (Å²) in [6, 6.07) is 0. The van der Waals surface area contributed by atoms with E-state index >= 15 is 0 Å². The van der Waals surface area contributed by atoms with E-state index < -0.39 is 0 Å². The zero-order valence-electron chi connectivity index (χ0n) is 12.7. The minimum Gasteiger partial charge on any atom is -0.393 e. The van der Waals surface area contributed by atoms with Gasteiger partial charge in [0, 0.05) is 0 Å². The Morgan fingerprint density at radius 1 is 1.26 bits per heavy atom. The third-order valence-corrected chi connectivity index (χ3v) is 5.71. The molecule has 2 N–H and O–H groups in total. The van der Waals surface area contributed by atoms with Crippen LogP contribution in [-0.4, -0.2) is 22.4 Å². The molecule has 0 spiro atoms. The molecule has 0 amide bonds. The van der Waals surface area contributed by atoms with E-state index in [1.165, 1.54) is 25.7 Å². The quantitative estimate of drug-likeness (QED) is 0.764. The van der Waals surface area contributed by atoms with Crippen LogP contribution in [0.1, 0.15) is 59.3 Å². The van der Waals surface area contributed by atoms with Gasteiger partial charge >= 0.3 is 0 Å². The predicted molar refractivity (Wildman–Crippen MR) is 78.8 cm³/mol. The van der Waals surface area contributed by atoms with Crippen molar-refractivity contribution in [3.63, 3.8) is 0 Å². The summed E-state index contributed by atoms with van der Waals surface area (Å²) < 4.78 is 0. The molecule has 0 radical (unpaired) electrons. The summed E-state index contributed by atoms with van der Waals surface area (Å²) in [7, 11) is 0. The lowest BCUT2D eigenvalue weighted by Crippen LogP contribution is -2.41. The van der Waals surface area contributed by atoms with Gasteiger partial charge in [-0.3, -0.25) is 0 Å². The molecule has 6 atom stereocenters. The Morgan fingerprint density at radius 3 is 2.68 bits per heavy atom. The third-order valence-electron chi connectivity index (χ3n) is 5.71. The smallest absolute Gasteiger partial charge is 0.0573 e. The van der Waals surface area contributed by atoms with Gasteiger partial charge in [-0.1, -0.05) is 32.4 Å². The Kier molecular flexibility index (Phi) is 4.73. The van der Waals surface area contributed by atoms with Crippen LogP contribution in [-0.2, 0) is 0 Å². The van der Waals surface area contributed by atoms with Crippen LogP contribution < -0.4 is 0 Å². The Hall–Kier alpha value is -0.340. The highest BCUT2D eigenvalue weighted by molar-refractivity contribution is 5.05. The molecule has 2 fully saturated rings. The van der Waals surface area contributed by atoms with Crippen molar-refractivity contribution in [3.05, 3.63) is 12.2 Å². The second kappa shape index (κ2) is 5.97. The molecule has 0 aromatic rings. The zero-order chi connectivity index (χ0) is 14.0. The Bertz CT molecular complexity index is 323. The Labute approximate surface area is 117 Å². The lowest BCUT2D eigenvalue weighted by atomic mass is 9.62. The van der Waals surface area contributed by atoms with Crippen LogP contribution in [0.5, 0.6) is 0 Å². The van der Waals surface area contributed by atoms with E-state index in [1.54, 1.807) is 0 Å². The number of hydrogen-bond donors (Lipinski definition) is 2. The highest BCUT2D eigenvalue weighted by Gasteiger charge is 2.51. The molecule has 2 heteroatoms. The largest absolute Gasteiger partial charge is 0.393 e. The van der Waals surface area contributed by atoms with Gasteiger partial charge in [0.1, 0.15) is 0 Å². The summed E-state index contributed by atoms with van der Waals surface area (Å²) in [4.78, 5) is 0. The maximum Gasteiger partial charge on any atom is 0.0573 e. The van der Waals surface area contributed by atoms with E-state index in [0.29, 0.717) is 23.2 Å². The normalized spacial score (nSPS) is 42.3. The highest BCUT2D eigenvalue weighted by atomic mass is 16.3. The maximum absolute atomic E-state index is 10.2. The number of aliphatic hydroxyl groups excluding tert-OH is 2. The maximum atomic E-state index is 10.2. The van der Waals surface area contributed by atoms with Crippen molar-refractivity contribution in [3.8, 4) is 0 Å².